The predicted molar refractivity (Wildman–Crippen MR) is 107 cm³/mol. The lowest BCUT2D eigenvalue weighted by Crippen LogP contribution is -2.29. The van der Waals surface area contributed by atoms with E-state index < -0.39 is 35.7 Å². The molecule has 30 heavy (non-hydrogen) atoms. The quantitative estimate of drug-likeness (QED) is 0.189. The van der Waals surface area contributed by atoms with E-state index in [9.17, 15) is 8.78 Å². The van der Waals surface area contributed by atoms with Gasteiger partial charge in [0.05, 0.1) is 18.8 Å². The maximum absolute atomic E-state index is 15.3. The number of hydrogen-bond acceptors (Lipinski definition) is 3. The highest BCUT2D eigenvalue weighted by Gasteiger charge is 2.44. The van der Waals surface area contributed by atoms with Crippen molar-refractivity contribution in [3.8, 4) is 0 Å². The molecule has 0 bridgehead atoms. The van der Waals surface area contributed by atoms with Crippen LogP contribution >= 0.6 is 0 Å². The summed E-state index contributed by atoms with van der Waals surface area (Å²) in [5.74, 6) is -2.10. The fraction of sp³-hybridized carbons (Fsp3) is 0.182. The Balaban J connectivity index is 1.90. The summed E-state index contributed by atoms with van der Waals surface area (Å²) in [4.78, 5) is 7.70. The van der Waals surface area contributed by atoms with Crippen LogP contribution in [0.3, 0.4) is 0 Å². The largest absolute Gasteiger partial charge is 0.315 e. The first-order chi connectivity index (χ1) is 14.4. The summed E-state index contributed by atoms with van der Waals surface area (Å²) in [5, 5.41) is 0. The lowest BCUT2D eigenvalue weighted by Gasteiger charge is -2.26. The molecule has 0 aliphatic carbocycles. The average Bonchev–Trinajstić information content (AvgIpc) is 2.73. The van der Waals surface area contributed by atoms with Gasteiger partial charge in [0, 0.05) is 12.3 Å². The number of benzene rings is 2. The molecule has 3 N–H and O–H groups in total. The third-order valence-electron chi connectivity index (χ3n) is 4.65. The second-order valence-corrected chi connectivity index (χ2v) is 6.72. The summed E-state index contributed by atoms with van der Waals surface area (Å²) >= 11 is 0. The SMILES string of the molecule is NNC=NCC(c1ccc(F)cc1F)C(F)(F)c1ccc(Cc2ccccc2)cn1. The molecule has 3 rings (SSSR count). The van der Waals surface area contributed by atoms with Gasteiger partial charge in [-0.3, -0.25) is 9.98 Å². The molecule has 2 aromatic carbocycles. The highest BCUT2D eigenvalue weighted by atomic mass is 19.3. The topological polar surface area (TPSA) is 63.3 Å². The Kier molecular flexibility index (Phi) is 6.79. The fourth-order valence-corrected chi connectivity index (χ4v) is 3.14. The van der Waals surface area contributed by atoms with Gasteiger partial charge in [0.2, 0.25) is 0 Å². The molecule has 0 spiro atoms. The Hall–Kier alpha value is -3.26. The van der Waals surface area contributed by atoms with E-state index in [-0.39, 0.29) is 5.56 Å². The predicted octanol–water partition coefficient (Wildman–Crippen LogP) is 4.32. The summed E-state index contributed by atoms with van der Waals surface area (Å²) in [6, 6.07) is 14.8. The highest BCUT2D eigenvalue weighted by Crippen LogP contribution is 2.42. The highest BCUT2D eigenvalue weighted by molar-refractivity contribution is 5.53. The van der Waals surface area contributed by atoms with Crippen molar-refractivity contribution >= 4 is 6.34 Å². The molecule has 1 atom stereocenters. The molecular weight excluding hydrogens is 396 g/mol. The minimum atomic E-state index is -3.56. The second-order valence-electron chi connectivity index (χ2n) is 6.72. The fourth-order valence-electron chi connectivity index (χ4n) is 3.14. The first-order valence-electron chi connectivity index (χ1n) is 9.18. The molecule has 156 valence electrons. The van der Waals surface area contributed by atoms with Crippen LogP contribution in [0.5, 0.6) is 0 Å². The molecule has 0 amide bonds. The van der Waals surface area contributed by atoms with Crippen LogP contribution in [0, 0.1) is 11.6 Å². The van der Waals surface area contributed by atoms with Crippen molar-refractivity contribution in [2.24, 2.45) is 10.8 Å². The van der Waals surface area contributed by atoms with E-state index in [4.69, 9.17) is 5.84 Å². The van der Waals surface area contributed by atoms with Crippen molar-refractivity contribution < 1.29 is 17.6 Å². The van der Waals surface area contributed by atoms with Gasteiger partial charge in [0.1, 0.15) is 17.3 Å². The van der Waals surface area contributed by atoms with Gasteiger partial charge in [-0.25, -0.2) is 14.6 Å². The van der Waals surface area contributed by atoms with Crippen LogP contribution in [0.25, 0.3) is 0 Å². The maximum Gasteiger partial charge on any atom is 0.298 e. The third-order valence-corrected chi connectivity index (χ3v) is 4.65. The summed E-state index contributed by atoms with van der Waals surface area (Å²) in [5.41, 5.74) is 3.02. The molecule has 3 aromatic rings. The minimum absolute atomic E-state index is 0.356. The van der Waals surface area contributed by atoms with Gasteiger partial charge in [-0.2, -0.15) is 8.78 Å². The van der Waals surface area contributed by atoms with Gasteiger partial charge in [0.25, 0.3) is 5.92 Å². The van der Waals surface area contributed by atoms with E-state index in [0.717, 1.165) is 29.6 Å². The van der Waals surface area contributed by atoms with Crippen molar-refractivity contribution in [3.63, 3.8) is 0 Å². The first-order valence-corrected chi connectivity index (χ1v) is 9.18. The molecule has 1 unspecified atom stereocenters. The van der Waals surface area contributed by atoms with Crippen molar-refractivity contribution in [2.45, 2.75) is 18.3 Å². The van der Waals surface area contributed by atoms with Gasteiger partial charge < -0.3 is 5.43 Å². The van der Waals surface area contributed by atoms with Crippen molar-refractivity contribution in [2.75, 3.05) is 6.54 Å². The van der Waals surface area contributed by atoms with Gasteiger partial charge in [0.15, 0.2) is 0 Å². The first kappa shape index (κ1) is 21.4. The molecule has 0 aliphatic rings. The third kappa shape index (κ3) is 5.01. The number of aliphatic imine (C=N–C) groups is 1. The number of nitrogens with one attached hydrogen (secondary N) is 1. The van der Waals surface area contributed by atoms with E-state index in [2.05, 4.69) is 15.4 Å². The van der Waals surface area contributed by atoms with E-state index in [1.165, 1.54) is 12.3 Å². The van der Waals surface area contributed by atoms with Crippen LogP contribution < -0.4 is 11.3 Å². The standard InChI is InChI=1S/C22H20F4N4/c23-17-7-8-18(20(24)11-17)19(13-28-14-30-27)22(25,26)21-9-6-16(12-29-21)10-15-4-2-1-3-5-15/h1-9,11-12,14,19H,10,13,27H2,(H,28,30). The van der Waals surface area contributed by atoms with E-state index in [1.54, 1.807) is 6.07 Å². The average molecular weight is 416 g/mol. The number of halogens is 4. The summed E-state index contributed by atoms with van der Waals surface area (Å²) in [6.45, 7) is -0.479. The second kappa shape index (κ2) is 9.49. The molecule has 0 saturated heterocycles. The Labute approximate surface area is 171 Å². The molecule has 0 fully saturated rings. The molecule has 0 saturated carbocycles. The number of nitrogens with two attached hydrogens (primary N) is 1. The van der Waals surface area contributed by atoms with Crippen molar-refractivity contribution in [3.05, 3.63) is 101 Å². The minimum Gasteiger partial charge on any atom is -0.315 e. The zero-order chi connectivity index (χ0) is 21.6. The van der Waals surface area contributed by atoms with E-state index >= 15 is 8.78 Å². The van der Waals surface area contributed by atoms with Crippen LogP contribution in [0.1, 0.15) is 28.3 Å². The summed E-state index contributed by atoms with van der Waals surface area (Å²) < 4.78 is 58.2. The normalized spacial score (nSPS) is 12.8. The van der Waals surface area contributed by atoms with Crippen molar-refractivity contribution in [1.29, 1.82) is 0 Å². The van der Waals surface area contributed by atoms with E-state index in [1.807, 2.05) is 30.3 Å². The number of hydrazine groups is 1. The van der Waals surface area contributed by atoms with E-state index in [0.29, 0.717) is 12.5 Å². The van der Waals surface area contributed by atoms with Gasteiger partial charge in [-0.15, -0.1) is 0 Å². The molecule has 4 nitrogen and oxygen atoms in total. The number of nitrogens with zero attached hydrogens (tertiary/aromatic N) is 2. The van der Waals surface area contributed by atoms with Crippen LogP contribution in [-0.2, 0) is 12.3 Å². The summed E-state index contributed by atoms with van der Waals surface area (Å²) in [7, 11) is 0. The number of alkyl halides is 2. The van der Waals surface area contributed by atoms with Gasteiger partial charge in [-0.1, -0.05) is 42.5 Å². The Morgan fingerprint density at radius 2 is 1.80 bits per heavy atom. The Bertz CT molecular complexity index is 992. The van der Waals surface area contributed by atoms with Gasteiger partial charge >= 0.3 is 0 Å². The molecule has 1 aromatic heterocycles. The van der Waals surface area contributed by atoms with Crippen LogP contribution in [0.2, 0.25) is 0 Å². The zero-order valence-electron chi connectivity index (χ0n) is 15.9. The monoisotopic (exact) mass is 416 g/mol. The number of rotatable bonds is 8. The lowest BCUT2D eigenvalue weighted by atomic mass is 9.89. The van der Waals surface area contributed by atoms with Crippen LogP contribution in [0.4, 0.5) is 17.6 Å². The molecule has 8 heteroatoms. The molecular formula is C22H20F4N4. The maximum atomic E-state index is 15.3. The van der Waals surface area contributed by atoms with Crippen LogP contribution in [-0.4, -0.2) is 17.9 Å². The zero-order valence-corrected chi connectivity index (χ0v) is 15.9. The smallest absolute Gasteiger partial charge is 0.298 e. The van der Waals surface area contributed by atoms with Crippen LogP contribution in [0.15, 0.2) is 71.9 Å². The number of pyridine rings is 1. The molecule has 0 radical (unpaired) electrons. The van der Waals surface area contributed by atoms with Gasteiger partial charge in [-0.05, 0) is 35.2 Å². The molecule has 0 aliphatic heterocycles. The lowest BCUT2D eigenvalue weighted by molar-refractivity contribution is -0.0364. The Morgan fingerprint density at radius 3 is 2.43 bits per heavy atom. The Morgan fingerprint density at radius 1 is 1.03 bits per heavy atom. The number of aromatic nitrogens is 1. The molecule has 1 heterocycles. The number of hydrogen-bond donors (Lipinski definition) is 2. The van der Waals surface area contributed by atoms with Crippen molar-refractivity contribution in [1.82, 2.24) is 10.4 Å². The summed E-state index contributed by atoms with van der Waals surface area (Å²) in [6.07, 6.45) is 2.95.